The fourth-order valence-corrected chi connectivity index (χ4v) is 4.07. The first-order chi connectivity index (χ1) is 14.1. The molecule has 29 heavy (non-hydrogen) atoms. The summed E-state index contributed by atoms with van der Waals surface area (Å²) in [5.74, 6) is 0.481. The summed E-state index contributed by atoms with van der Waals surface area (Å²) >= 11 is 0. The lowest BCUT2D eigenvalue weighted by Crippen LogP contribution is -2.43. The van der Waals surface area contributed by atoms with Crippen LogP contribution in [0.1, 0.15) is 38.8 Å². The number of nitrogens with zero attached hydrogens (tertiary/aromatic N) is 3. The normalized spacial score (nSPS) is 18.8. The number of benzene rings is 1. The molecule has 5 rings (SSSR count). The van der Waals surface area contributed by atoms with Crippen LogP contribution in [0, 0.1) is 6.92 Å². The van der Waals surface area contributed by atoms with Crippen LogP contribution in [0.25, 0.3) is 10.9 Å². The van der Waals surface area contributed by atoms with Crippen LogP contribution in [0.15, 0.2) is 36.5 Å². The molecule has 2 aromatic heterocycles. The van der Waals surface area contributed by atoms with Crippen LogP contribution in [-0.2, 0) is 22.7 Å². The van der Waals surface area contributed by atoms with Crippen LogP contribution in [-0.4, -0.2) is 40.5 Å². The molecular weight excluding hydrogens is 368 g/mol. The Morgan fingerprint density at radius 2 is 2.03 bits per heavy atom. The number of aromatic nitrogens is 2. The molecule has 0 bridgehead atoms. The number of hydrogen-bond donors (Lipinski definition) is 1. The van der Waals surface area contributed by atoms with E-state index in [0.29, 0.717) is 44.4 Å². The van der Waals surface area contributed by atoms with Crippen molar-refractivity contribution in [1.29, 1.82) is 0 Å². The highest BCUT2D eigenvalue weighted by atomic mass is 16.5. The molecule has 1 saturated heterocycles. The number of carbonyl (C=O) groups is 1. The van der Waals surface area contributed by atoms with Gasteiger partial charge in [0.05, 0.1) is 38.0 Å². The summed E-state index contributed by atoms with van der Waals surface area (Å²) in [5.41, 5.74) is 11.4. The lowest BCUT2D eigenvalue weighted by atomic mass is 10.0. The summed E-state index contributed by atoms with van der Waals surface area (Å²) in [5, 5.41) is 0.930. The number of aryl methyl sites for hydroxylation is 1. The third kappa shape index (κ3) is 3.12. The lowest BCUT2D eigenvalue weighted by molar-refractivity contribution is -0.00278. The van der Waals surface area contributed by atoms with Gasteiger partial charge in [-0.3, -0.25) is 9.78 Å². The van der Waals surface area contributed by atoms with Gasteiger partial charge in [-0.05, 0) is 42.3 Å². The number of morpholine rings is 1. The minimum atomic E-state index is -0.154. The van der Waals surface area contributed by atoms with Crippen LogP contribution in [0.5, 0.6) is 0 Å². The zero-order valence-corrected chi connectivity index (χ0v) is 16.2. The van der Waals surface area contributed by atoms with Crippen molar-refractivity contribution in [3.05, 3.63) is 64.5 Å². The van der Waals surface area contributed by atoms with E-state index in [9.17, 15) is 4.79 Å². The highest BCUT2D eigenvalue weighted by molar-refractivity contribution is 5.99. The summed E-state index contributed by atoms with van der Waals surface area (Å²) in [4.78, 5) is 24.2. The van der Waals surface area contributed by atoms with Gasteiger partial charge in [-0.15, -0.1) is 0 Å². The zero-order chi connectivity index (χ0) is 20.0. The van der Waals surface area contributed by atoms with Gasteiger partial charge in [-0.25, -0.2) is 4.98 Å². The lowest BCUT2D eigenvalue weighted by Gasteiger charge is -2.36. The molecule has 0 spiro atoms. The molecule has 0 radical (unpaired) electrons. The van der Waals surface area contributed by atoms with Crippen molar-refractivity contribution >= 4 is 22.6 Å². The molecule has 1 atom stereocenters. The van der Waals surface area contributed by atoms with Crippen LogP contribution >= 0.6 is 0 Å². The van der Waals surface area contributed by atoms with Gasteiger partial charge in [-0.2, -0.15) is 0 Å². The van der Waals surface area contributed by atoms with Crippen molar-refractivity contribution in [2.75, 3.05) is 25.5 Å². The molecule has 0 unspecified atom stereocenters. The number of anilines is 1. The summed E-state index contributed by atoms with van der Waals surface area (Å²) in [7, 11) is 0. The van der Waals surface area contributed by atoms with Crippen LogP contribution in [0.3, 0.4) is 0 Å². The fourth-order valence-electron chi connectivity index (χ4n) is 4.07. The predicted octanol–water partition coefficient (Wildman–Crippen LogP) is 2.76. The second-order valence-corrected chi connectivity index (χ2v) is 7.50. The van der Waals surface area contributed by atoms with E-state index < -0.39 is 0 Å². The Labute approximate surface area is 168 Å². The molecule has 3 aromatic rings. The molecule has 7 heteroatoms. The molecule has 1 aromatic carbocycles. The van der Waals surface area contributed by atoms with Crippen LogP contribution < -0.4 is 5.73 Å². The maximum atomic E-state index is 13.4. The Morgan fingerprint density at radius 3 is 2.86 bits per heavy atom. The summed E-state index contributed by atoms with van der Waals surface area (Å²) in [6, 6.07) is 9.41. The number of carbonyl (C=O) groups excluding carboxylic acids is 1. The largest absolute Gasteiger partial charge is 0.383 e. The molecular formula is C22H22N4O3. The highest BCUT2D eigenvalue weighted by Crippen LogP contribution is 2.32. The Bertz CT molecular complexity index is 1100. The average molecular weight is 390 g/mol. The first kappa shape index (κ1) is 18.0. The van der Waals surface area contributed by atoms with E-state index in [4.69, 9.17) is 15.2 Å². The van der Waals surface area contributed by atoms with Crippen LogP contribution in [0.2, 0.25) is 0 Å². The minimum Gasteiger partial charge on any atom is -0.383 e. The van der Waals surface area contributed by atoms with Crippen molar-refractivity contribution < 1.29 is 14.3 Å². The van der Waals surface area contributed by atoms with Crippen molar-refractivity contribution in [3.63, 3.8) is 0 Å². The minimum absolute atomic E-state index is 0.0229. The monoisotopic (exact) mass is 390 g/mol. The maximum Gasteiger partial charge on any atom is 0.254 e. The predicted molar refractivity (Wildman–Crippen MR) is 108 cm³/mol. The van der Waals surface area contributed by atoms with Gasteiger partial charge in [0.15, 0.2) is 0 Å². The number of fused-ring (bicyclic) bond motifs is 3. The highest BCUT2D eigenvalue weighted by Gasteiger charge is 2.30. The van der Waals surface area contributed by atoms with E-state index in [0.717, 1.165) is 33.3 Å². The maximum absolute atomic E-state index is 13.4. The number of hydrogen-bond acceptors (Lipinski definition) is 6. The zero-order valence-electron chi connectivity index (χ0n) is 16.2. The Balaban J connectivity index is 1.52. The SMILES string of the molecule is Cc1ccc([C@@H]2COCCN2C(=O)c2ccc3nc(N)c4c(c3c2)COC4)cn1. The average Bonchev–Trinajstić information content (AvgIpc) is 3.25. The van der Waals surface area contributed by atoms with Crippen LogP contribution in [0.4, 0.5) is 5.82 Å². The van der Waals surface area contributed by atoms with Gasteiger partial charge in [0.2, 0.25) is 0 Å². The molecule has 2 N–H and O–H groups in total. The number of pyridine rings is 2. The number of nitrogen functional groups attached to an aromatic ring is 1. The first-order valence-electron chi connectivity index (χ1n) is 9.72. The van der Waals surface area contributed by atoms with Crippen molar-refractivity contribution in [2.45, 2.75) is 26.2 Å². The van der Waals surface area contributed by atoms with Crippen molar-refractivity contribution in [3.8, 4) is 0 Å². The molecule has 2 aliphatic rings. The van der Waals surface area contributed by atoms with Crippen molar-refractivity contribution in [1.82, 2.24) is 14.9 Å². The van der Waals surface area contributed by atoms with E-state index >= 15 is 0 Å². The second-order valence-electron chi connectivity index (χ2n) is 7.50. The molecule has 4 heterocycles. The molecule has 1 fully saturated rings. The molecule has 2 aliphatic heterocycles. The van der Waals surface area contributed by atoms with E-state index in [1.165, 1.54) is 0 Å². The summed E-state index contributed by atoms with van der Waals surface area (Å²) in [6.45, 7) is 4.43. The number of ether oxygens (including phenoxy) is 2. The number of amides is 1. The quantitative estimate of drug-likeness (QED) is 0.724. The first-order valence-corrected chi connectivity index (χ1v) is 9.72. The van der Waals surface area contributed by atoms with Gasteiger partial charge in [0.25, 0.3) is 5.91 Å². The van der Waals surface area contributed by atoms with E-state index in [-0.39, 0.29) is 11.9 Å². The Morgan fingerprint density at radius 1 is 1.17 bits per heavy atom. The molecule has 148 valence electrons. The van der Waals surface area contributed by atoms with Crippen molar-refractivity contribution in [2.24, 2.45) is 0 Å². The van der Waals surface area contributed by atoms with Gasteiger partial charge in [0, 0.05) is 34.9 Å². The van der Waals surface area contributed by atoms with Gasteiger partial charge >= 0.3 is 0 Å². The topological polar surface area (TPSA) is 90.6 Å². The third-order valence-corrected chi connectivity index (χ3v) is 5.68. The van der Waals surface area contributed by atoms with E-state index in [1.807, 2.05) is 48.4 Å². The van der Waals surface area contributed by atoms with Gasteiger partial charge < -0.3 is 20.1 Å². The van der Waals surface area contributed by atoms with Gasteiger partial charge in [-0.1, -0.05) is 6.07 Å². The molecule has 0 aliphatic carbocycles. The van der Waals surface area contributed by atoms with E-state index in [1.54, 1.807) is 0 Å². The molecule has 0 saturated carbocycles. The molecule has 7 nitrogen and oxygen atoms in total. The summed E-state index contributed by atoms with van der Waals surface area (Å²) < 4.78 is 11.2. The standard InChI is InChI=1S/C22H22N4O3/c1-13-2-3-15(9-24-13)20-12-28-7-6-26(20)22(27)14-4-5-19-16(8-14)17-10-29-11-18(17)21(23)25-19/h2-5,8-9,20H,6-7,10-12H2,1H3,(H2,23,25)/t20-/m0/s1. The van der Waals surface area contributed by atoms with E-state index in [2.05, 4.69) is 9.97 Å². The number of rotatable bonds is 2. The summed E-state index contributed by atoms with van der Waals surface area (Å²) in [6.07, 6.45) is 1.83. The smallest absolute Gasteiger partial charge is 0.254 e. The second kappa shape index (κ2) is 7.09. The fraction of sp³-hybridized carbons (Fsp3) is 0.318. The van der Waals surface area contributed by atoms with Gasteiger partial charge in [0.1, 0.15) is 5.82 Å². The number of nitrogens with two attached hydrogens (primary N) is 1. The third-order valence-electron chi connectivity index (χ3n) is 5.68. The Hall–Kier alpha value is -3.03. The Kier molecular flexibility index (Phi) is 4.41. The molecule has 1 amide bonds.